The minimum absolute atomic E-state index is 0.105. The lowest BCUT2D eigenvalue weighted by Crippen LogP contribution is -2.12. The summed E-state index contributed by atoms with van der Waals surface area (Å²) < 4.78 is 10.1. The Morgan fingerprint density at radius 3 is 2.58 bits per heavy atom. The highest BCUT2D eigenvalue weighted by atomic mass is 35.5. The van der Waals surface area contributed by atoms with Crippen molar-refractivity contribution >= 4 is 28.9 Å². The van der Waals surface area contributed by atoms with Gasteiger partial charge in [0, 0.05) is 23.3 Å². The first-order valence-corrected chi connectivity index (χ1v) is 7.38. The van der Waals surface area contributed by atoms with Crippen LogP contribution in [0.25, 0.3) is 0 Å². The Labute approximate surface area is 143 Å². The minimum atomic E-state index is -0.761. The lowest BCUT2D eigenvalue weighted by atomic mass is 10.1. The molecule has 0 atom stereocenters. The van der Waals surface area contributed by atoms with E-state index in [4.69, 9.17) is 16.3 Å². The van der Waals surface area contributed by atoms with Gasteiger partial charge in [-0.1, -0.05) is 11.6 Å². The van der Waals surface area contributed by atoms with Gasteiger partial charge in [0.25, 0.3) is 5.69 Å². The molecule has 0 fully saturated rings. The van der Waals surface area contributed by atoms with Crippen molar-refractivity contribution < 1.29 is 19.2 Å². The maximum atomic E-state index is 11.6. The van der Waals surface area contributed by atoms with Gasteiger partial charge in [-0.15, -0.1) is 0 Å². The summed E-state index contributed by atoms with van der Waals surface area (Å²) in [5.41, 5.74) is 0.150. The summed E-state index contributed by atoms with van der Waals surface area (Å²) in [6.45, 7) is 0.813. The van der Waals surface area contributed by atoms with Gasteiger partial charge in [-0.3, -0.25) is 10.1 Å². The number of nitrogens with zero attached hydrogens (tertiary/aromatic N) is 1. The Morgan fingerprint density at radius 1 is 1.25 bits per heavy atom. The number of carbonyl (C=O) groups excluding carboxylic acids is 1. The zero-order valence-electron chi connectivity index (χ0n) is 12.8. The summed E-state index contributed by atoms with van der Waals surface area (Å²) in [4.78, 5) is 22.0. The number of halogens is 1. The highest BCUT2D eigenvalue weighted by Crippen LogP contribution is 2.23. The fraction of sp³-hybridized carbons (Fsp3) is 0.188. The van der Waals surface area contributed by atoms with Crippen LogP contribution in [0.15, 0.2) is 42.5 Å². The molecule has 0 radical (unpaired) electrons. The van der Waals surface area contributed by atoms with Crippen molar-refractivity contribution in [2.45, 2.75) is 0 Å². The van der Waals surface area contributed by atoms with Crippen LogP contribution in [0, 0.1) is 10.1 Å². The zero-order valence-corrected chi connectivity index (χ0v) is 13.6. The summed E-state index contributed by atoms with van der Waals surface area (Å²) in [7, 11) is 1.17. The molecule has 0 aliphatic heterocycles. The number of rotatable bonds is 7. The molecule has 2 aromatic carbocycles. The van der Waals surface area contributed by atoms with Crippen molar-refractivity contribution in [1.29, 1.82) is 0 Å². The maximum Gasteiger partial charge on any atom is 0.344 e. The number of carbonyl (C=O) groups is 1. The van der Waals surface area contributed by atoms with Crippen molar-refractivity contribution in [3.63, 3.8) is 0 Å². The van der Waals surface area contributed by atoms with Crippen molar-refractivity contribution in [3.05, 3.63) is 63.2 Å². The topological polar surface area (TPSA) is 90.7 Å². The van der Waals surface area contributed by atoms with Crippen LogP contribution in [0.4, 0.5) is 11.4 Å². The quantitative estimate of drug-likeness (QED) is 0.355. The van der Waals surface area contributed by atoms with E-state index in [2.05, 4.69) is 10.1 Å². The van der Waals surface area contributed by atoms with Crippen LogP contribution in [0.2, 0.25) is 5.02 Å². The second-order valence-corrected chi connectivity index (χ2v) is 5.15. The Balaban J connectivity index is 1.96. The van der Waals surface area contributed by atoms with E-state index in [1.165, 1.54) is 25.3 Å². The third-order valence-electron chi connectivity index (χ3n) is 3.11. The van der Waals surface area contributed by atoms with E-state index < -0.39 is 10.9 Å². The van der Waals surface area contributed by atoms with Gasteiger partial charge in [0.1, 0.15) is 17.9 Å². The van der Waals surface area contributed by atoms with Crippen LogP contribution in [0.3, 0.4) is 0 Å². The number of hydrogen-bond donors (Lipinski definition) is 1. The molecule has 0 aliphatic rings. The molecule has 0 bridgehead atoms. The van der Waals surface area contributed by atoms with E-state index in [-0.39, 0.29) is 11.3 Å². The second kappa shape index (κ2) is 8.16. The van der Waals surface area contributed by atoms with Crippen LogP contribution in [-0.2, 0) is 4.74 Å². The third-order valence-corrected chi connectivity index (χ3v) is 3.36. The molecule has 8 heteroatoms. The van der Waals surface area contributed by atoms with Gasteiger partial charge in [0.15, 0.2) is 0 Å². The monoisotopic (exact) mass is 350 g/mol. The van der Waals surface area contributed by atoms with Gasteiger partial charge in [0.05, 0.1) is 12.0 Å². The minimum Gasteiger partial charge on any atom is -0.492 e. The van der Waals surface area contributed by atoms with Crippen molar-refractivity contribution in [3.8, 4) is 5.75 Å². The zero-order chi connectivity index (χ0) is 17.5. The third kappa shape index (κ3) is 4.60. The van der Waals surface area contributed by atoms with Crippen LogP contribution in [0.1, 0.15) is 10.4 Å². The molecule has 0 amide bonds. The molecule has 2 aromatic rings. The molecule has 2 rings (SSSR count). The van der Waals surface area contributed by atoms with E-state index >= 15 is 0 Å². The number of methoxy groups -OCH3 is 1. The van der Waals surface area contributed by atoms with Gasteiger partial charge in [0.2, 0.25) is 0 Å². The molecule has 0 saturated heterocycles. The first kappa shape index (κ1) is 17.6. The van der Waals surface area contributed by atoms with Crippen molar-refractivity contribution in [1.82, 2.24) is 0 Å². The molecule has 0 heterocycles. The highest BCUT2D eigenvalue weighted by Gasteiger charge is 2.21. The fourth-order valence-electron chi connectivity index (χ4n) is 1.97. The normalized spacial score (nSPS) is 10.1. The molecule has 0 aromatic heterocycles. The molecule has 1 N–H and O–H groups in total. The average Bonchev–Trinajstić information content (AvgIpc) is 2.59. The van der Waals surface area contributed by atoms with E-state index in [9.17, 15) is 14.9 Å². The maximum absolute atomic E-state index is 11.6. The number of benzene rings is 2. The number of esters is 1. The first-order valence-electron chi connectivity index (χ1n) is 7.00. The Morgan fingerprint density at radius 2 is 1.96 bits per heavy atom. The summed E-state index contributed by atoms with van der Waals surface area (Å²) in [5, 5.41) is 14.6. The molecular weight excluding hydrogens is 336 g/mol. The van der Waals surface area contributed by atoms with Crippen LogP contribution in [-0.4, -0.2) is 31.2 Å². The van der Waals surface area contributed by atoms with Crippen molar-refractivity contribution in [2.24, 2.45) is 0 Å². The Kier molecular flexibility index (Phi) is 5.97. The Hall–Kier alpha value is -2.80. The SMILES string of the molecule is COC(=O)c1cc(NCCOc2ccc(Cl)cc2)ccc1[N+](=O)[O-]. The first-order chi connectivity index (χ1) is 11.5. The summed E-state index contributed by atoms with van der Waals surface area (Å²) in [6, 6.07) is 11.1. The van der Waals surface area contributed by atoms with E-state index in [1.807, 2.05) is 0 Å². The summed E-state index contributed by atoms with van der Waals surface area (Å²) >= 11 is 5.79. The molecule has 0 saturated carbocycles. The number of anilines is 1. The number of hydrogen-bond acceptors (Lipinski definition) is 6. The summed E-state index contributed by atoms with van der Waals surface area (Å²) in [5.74, 6) is -0.0806. The van der Waals surface area contributed by atoms with Gasteiger partial charge in [-0.2, -0.15) is 0 Å². The number of nitro benzene ring substituents is 1. The van der Waals surface area contributed by atoms with Crippen LogP contribution in [0.5, 0.6) is 5.75 Å². The Bertz CT molecular complexity index is 734. The van der Waals surface area contributed by atoms with Crippen LogP contribution < -0.4 is 10.1 Å². The highest BCUT2D eigenvalue weighted by molar-refractivity contribution is 6.30. The standard InChI is InChI=1S/C16H15ClN2O5/c1-23-16(20)14-10-12(4-7-15(14)19(21)22)18-8-9-24-13-5-2-11(17)3-6-13/h2-7,10,18H,8-9H2,1H3. The van der Waals surface area contributed by atoms with E-state index in [1.54, 1.807) is 24.3 Å². The van der Waals surface area contributed by atoms with Gasteiger partial charge >= 0.3 is 5.97 Å². The lowest BCUT2D eigenvalue weighted by Gasteiger charge is -2.10. The fourth-order valence-corrected chi connectivity index (χ4v) is 2.10. The van der Waals surface area contributed by atoms with Gasteiger partial charge in [-0.05, 0) is 36.4 Å². The predicted octanol–water partition coefficient (Wildman–Crippen LogP) is 3.53. The number of ether oxygens (including phenoxy) is 2. The van der Waals surface area contributed by atoms with Gasteiger partial charge in [-0.25, -0.2) is 4.79 Å². The number of nitrogens with one attached hydrogen (secondary N) is 1. The second-order valence-electron chi connectivity index (χ2n) is 4.71. The predicted molar refractivity (Wildman–Crippen MR) is 89.9 cm³/mol. The lowest BCUT2D eigenvalue weighted by molar-refractivity contribution is -0.385. The van der Waals surface area contributed by atoms with Crippen molar-refractivity contribution in [2.75, 3.05) is 25.6 Å². The molecule has 24 heavy (non-hydrogen) atoms. The molecule has 7 nitrogen and oxygen atoms in total. The van der Waals surface area contributed by atoms with Gasteiger partial charge < -0.3 is 14.8 Å². The molecular formula is C16H15ClN2O5. The average molecular weight is 351 g/mol. The smallest absolute Gasteiger partial charge is 0.344 e. The molecule has 0 aliphatic carbocycles. The number of nitro groups is 1. The molecule has 0 unspecified atom stereocenters. The van der Waals surface area contributed by atoms with E-state index in [0.717, 1.165) is 0 Å². The molecule has 0 spiro atoms. The largest absolute Gasteiger partial charge is 0.492 e. The van der Waals surface area contributed by atoms with Crippen LogP contribution >= 0.6 is 11.6 Å². The summed E-state index contributed by atoms with van der Waals surface area (Å²) in [6.07, 6.45) is 0. The van der Waals surface area contributed by atoms with E-state index in [0.29, 0.717) is 29.6 Å². The molecule has 126 valence electrons.